The molecule has 0 aromatic rings. The van der Waals surface area contributed by atoms with E-state index < -0.39 is 15.5 Å². The maximum Gasteiger partial charge on any atom is 0.317 e. The summed E-state index contributed by atoms with van der Waals surface area (Å²) in [7, 11) is 2.70. The Hall–Kier alpha value is -0.723. The van der Waals surface area contributed by atoms with Gasteiger partial charge >= 0.3 is 11.9 Å². The van der Waals surface area contributed by atoms with Crippen molar-refractivity contribution in [2.75, 3.05) is 14.2 Å². The quantitative estimate of drug-likeness (QED) is 0.271. The van der Waals surface area contributed by atoms with Crippen molar-refractivity contribution < 1.29 is 23.8 Å². The molecule has 5 nitrogen and oxygen atoms in total. The summed E-state index contributed by atoms with van der Waals surface area (Å²) in [4.78, 5) is 21.9. The summed E-state index contributed by atoms with van der Waals surface area (Å²) < 4.78 is 14.6. The van der Waals surface area contributed by atoms with Gasteiger partial charge in [0, 0.05) is 14.2 Å². The second kappa shape index (κ2) is 5.99. The third-order valence-corrected chi connectivity index (χ3v) is 4.43. The molecule has 0 aromatic carbocycles. The fourth-order valence-corrected chi connectivity index (χ4v) is 3.14. The van der Waals surface area contributed by atoms with Gasteiger partial charge in [-0.15, -0.1) is 0 Å². The first kappa shape index (κ1) is 12.3. The van der Waals surface area contributed by atoms with Gasteiger partial charge in [0.05, 0.1) is 21.9 Å². The number of cyclic esters (lactones) is 2. The second-order valence-electron chi connectivity index (χ2n) is 3.53. The Balaban J connectivity index is 2.20. The Morgan fingerprint density at radius 1 is 1.47 bits per heavy atom. The monoisotopic (exact) mass is 232 g/mol. The summed E-state index contributed by atoms with van der Waals surface area (Å²) in [6.45, 7) is 0. The molecule has 0 amide bonds. The largest absolute Gasteiger partial charge is 0.393 e. The lowest BCUT2D eigenvalue weighted by Gasteiger charge is -2.12. The minimum absolute atomic E-state index is 0.0990. The van der Waals surface area contributed by atoms with Crippen LogP contribution in [0.15, 0.2) is 0 Å². The molecule has 86 valence electrons. The Labute approximate surface area is 90.9 Å². The molecule has 0 saturated carbocycles. The van der Waals surface area contributed by atoms with Gasteiger partial charge in [-0.2, -0.15) is 0 Å². The zero-order chi connectivity index (χ0) is 11.3. The normalized spacial score (nSPS) is 21.9. The van der Waals surface area contributed by atoms with Crippen LogP contribution in [0, 0.1) is 5.92 Å². The maximum absolute atomic E-state index is 11.1. The first-order valence-corrected chi connectivity index (χ1v) is 6.79. The Kier molecular flexibility index (Phi) is 4.93. The molecule has 1 saturated heterocycles. The van der Waals surface area contributed by atoms with Crippen molar-refractivity contribution >= 4 is 21.5 Å². The summed E-state index contributed by atoms with van der Waals surface area (Å²) in [6, 6.07) is 0.916. The highest BCUT2D eigenvalue weighted by Gasteiger charge is 2.32. The second-order valence-corrected chi connectivity index (χ2v) is 5.48. The van der Waals surface area contributed by atoms with Crippen molar-refractivity contribution in [1.82, 2.24) is 0 Å². The average molecular weight is 232 g/mol. The van der Waals surface area contributed by atoms with Gasteiger partial charge in [-0.1, -0.05) is 6.04 Å². The molecule has 0 aliphatic carbocycles. The van der Waals surface area contributed by atoms with Crippen LogP contribution in [0.3, 0.4) is 0 Å². The topological polar surface area (TPSA) is 61.8 Å². The highest BCUT2D eigenvalue weighted by Crippen LogP contribution is 2.21. The molecular weight excluding hydrogens is 216 g/mol. The maximum atomic E-state index is 11.1. The van der Waals surface area contributed by atoms with E-state index in [1.165, 1.54) is 0 Å². The SMILES string of the molecule is COC(OC)[SiH2]CCC1CC(=O)OC1=O. The number of hydrogen-bond donors (Lipinski definition) is 0. The van der Waals surface area contributed by atoms with Crippen LogP contribution < -0.4 is 0 Å². The number of ether oxygens (including phenoxy) is 3. The Morgan fingerprint density at radius 3 is 2.60 bits per heavy atom. The van der Waals surface area contributed by atoms with Gasteiger partial charge in [-0.3, -0.25) is 9.59 Å². The number of carbonyl (C=O) groups excluding carboxylic acids is 2. The van der Waals surface area contributed by atoms with Crippen LogP contribution in [0.2, 0.25) is 6.04 Å². The molecule has 1 unspecified atom stereocenters. The number of carbonyl (C=O) groups is 2. The Morgan fingerprint density at radius 2 is 2.13 bits per heavy atom. The summed E-state index contributed by atoms with van der Waals surface area (Å²) in [6.07, 6.45) is 0.942. The van der Waals surface area contributed by atoms with Gasteiger partial charge in [0.1, 0.15) is 5.91 Å². The third kappa shape index (κ3) is 3.73. The highest BCUT2D eigenvalue weighted by molar-refractivity contribution is 6.36. The molecule has 1 atom stereocenters. The van der Waals surface area contributed by atoms with E-state index in [9.17, 15) is 9.59 Å². The summed E-state index contributed by atoms with van der Waals surface area (Å²) in [5.41, 5.74) is 0. The third-order valence-electron chi connectivity index (χ3n) is 2.48. The van der Waals surface area contributed by atoms with Crippen molar-refractivity contribution in [3.8, 4) is 0 Å². The minimum Gasteiger partial charge on any atom is -0.393 e. The van der Waals surface area contributed by atoms with Crippen molar-refractivity contribution in [2.24, 2.45) is 5.92 Å². The zero-order valence-electron chi connectivity index (χ0n) is 9.02. The van der Waals surface area contributed by atoms with Crippen LogP contribution in [0.1, 0.15) is 12.8 Å². The van der Waals surface area contributed by atoms with E-state index in [-0.39, 0.29) is 24.2 Å². The number of hydrogen-bond acceptors (Lipinski definition) is 5. The van der Waals surface area contributed by atoms with Gasteiger partial charge in [0.2, 0.25) is 0 Å². The number of rotatable bonds is 6. The minimum atomic E-state index is -0.511. The van der Waals surface area contributed by atoms with Crippen LogP contribution >= 0.6 is 0 Å². The van der Waals surface area contributed by atoms with E-state index in [0.29, 0.717) is 6.42 Å². The predicted octanol–water partition coefficient (Wildman–Crippen LogP) is -0.370. The first-order chi connectivity index (χ1) is 7.17. The lowest BCUT2D eigenvalue weighted by Crippen LogP contribution is -2.22. The van der Waals surface area contributed by atoms with E-state index in [2.05, 4.69) is 4.74 Å². The fourth-order valence-electron chi connectivity index (χ4n) is 1.60. The van der Waals surface area contributed by atoms with Gasteiger partial charge < -0.3 is 14.2 Å². The van der Waals surface area contributed by atoms with E-state index in [4.69, 9.17) is 9.47 Å². The standard InChI is InChI=1S/C9H16O5Si/c1-12-9(13-2)15-4-3-6-5-7(10)14-8(6)11/h6,9H,3-5,15H2,1-2H3. The van der Waals surface area contributed by atoms with Crippen LogP contribution in [0.4, 0.5) is 0 Å². The summed E-state index contributed by atoms with van der Waals surface area (Å²) in [5.74, 6) is -1.11. The summed E-state index contributed by atoms with van der Waals surface area (Å²) >= 11 is 0. The van der Waals surface area contributed by atoms with Crippen LogP contribution in [0.25, 0.3) is 0 Å². The van der Waals surface area contributed by atoms with Gasteiger partial charge in [-0.05, 0) is 6.42 Å². The number of methoxy groups -OCH3 is 2. The number of esters is 2. The molecule has 6 heteroatoms. The van der Waals surface area contributed by atoms with E-state index in [0.717, 1.165) is 6.04 Å². The smallest absolute Gasteiger partial charge is 0.317 e. The van der Waals surface area contributed by atoms with Crippen molar-refractivity contribution in [2.45, 2.75) is 24.8 Å². The average Bonchev–Trinajstić information content (AvgIpc) is 2.52. The molecule has 1 aliphatic heterocycles. The molecule has 0 aromatic heterocycles. The lowest BCUT2D eigenvalue weighted by molar-refractivity contribution is -0.153. The highest BCUT2D eigenvalue weighted by atomic mass is 28.2. The molecule has 1 rings (SSSR count). The molecule has 1 fully saturated rings. The molecule has 0 N–H and O–H groups in total. The van der Waals surface area contributed by atoms with Crippen LogP contribution in [0.5, 0.6) is 0 Å². The lowest BCUT2D eigenvalue weighted by atomic mass is 10.1. The van der Waals surface area contributed by atoms with Crippen molar-refractivity contribution in [3.05, 3.63) is 0 Å². The predicted molar refractivity (Wildman–Crippen MR) is 55.0 cm³/mol. The molecule has 0 spiro atoms. The molecular formula is C9H16O5Si. The van der Waals surface area contributed by atoms with Crippen molar-refractivity contribution in [1.29, 1.82) is 0 Å². The van der Waals surface area contributed by atoms with E-state index in [1.807, 2.05) is 0 Å². The molecule has 1 aliphatic rings. The summed E-state index contributed by atoms with van der Waals surface area (Å²) in [5, 5.41) is 0. The van der Waals surface area contributed by atoms with Crippen molar-refractivity contribution in [3.63, 3.8) is 0 Å². The van der Waals surface area contributed by atoms with Gasteiger partial charge in [0.25, 0.3) is 0 Å². The van der Waals surface area contributed by atoms with E-state index in [1.54, 1.807) is 14.2 Å². The fraction of sp³-hybridized carbons (Fsp3) is 0.778. The molecule has 0 radical (unpaired) electrons. The molecule has 0 bridgehead atoms. The van der Waals surface area contributed by atoms with Crippen LogP contribution in [-0.4, -0.2) is 41.6 Å². The molecule has 1 heterocycles. The van der Waals surface area contributed by atoms with Gasteiger partial charge in [0.15, 0.2) is 0 Å². The zero-order valence-corrected chi connectivity index (χ0v) is 10.4. The van der Waals surface area contributed by atoms with E-state index >= 15 is 0 Å². The van der Waals surface area contributed by atoms with Crippen LogP contribution in [-0.2, 0) is 23.8 Å². The first-order valence-electron chi connectivity index (χ1n) is 4.97. The van der Waals surface area contributed by atoms with Gasteiger partial charge in [-0.25, -0.2) is 0 Å². The Bertz CT molecular complexity index is 239. The molecule has 15 heavy (non-hydrogen) atoms.